The molecule has 0 saturated carbocycles. The number of hydrogen-bond donors (Lipinski definition) is 1. The van der Waals surface area contributed by atoms with Crippen LogP contribution in [0.15, 0.2) is 42.6 Å². The van der Waals surface area contributed by atoms with E-state index in [0.717, 1.165) is 30.5 Å². The Kier molecular flexibility index (Phi) is 6.83. The molecule has 0 spiro atoms. The van der Waals surface area contributed by atoms with Crippen molar-refractivity contribution in [2.75, 3.05) is 18.9 Å². The molecule has 0 unspecified atom stereocenters. The first-order valence-electron chi connectivity index (χ1n) is 10.9. The average molecular weight is 483 g/mol. The van der Waals surface area contributed by atoms with Crippen LogP contribution in [0.3, 0.4) is 0 Å². The highest BCUT2D eigenvalue weighted by atomic mass is 35.5. The van der Waals surface area contributed by atoms with Crippen molar-refractivity contribution in [2.45, 2.75) is 38.9 Å². The SMILES string of the molecule is Cc1c(CN(C)C(=O)C=Cc2cnc3c(c2)CN2CCC[C@@H]2C(=O)N3)sc2ccccc12.Cl. The number of rotatable bonds is 4. The van der Waals surface area contributed by atoms with Crippen molar-refractivity contribution in [1.82, 2.24) is 14.8 Å². The van der Waals surface area contributed by atoms with E-state index in [2.05, 4.69) is 34.3 Å². The van der Waals surface area contributed by atoms with Crippen LogP contribution in [0.4, 0.5) is 5.82 Å². The Balaban J connectivity index is 0.00000259. The molecule has 2 aromatic heterocycles. The van der Waals surface area contributed by atoms with Crippen LogP contribution < -0.4 is 5.32 Å². The molecule has 5 rings (SSSR count). The number of amides is 2. The van der Waals surface area contributed by atoms with Crippen molar-refractivity contribution < 1.29 is 9.59 Å². The van der Waals surface area contributed by atoms with E-state index in [9.17, 15) is 9.59 Å². The summed E-state index contributed by atoms with van der Waals surface area (Å²) in [6.45, 7) is 4.33. The molecule has 2 aliphatic heterocycles. The van der Waals surface area contributed by atoms with E-state index in [-0.39, 0.29) is 30.3 Å². The van der Waals surface area contributed by atoms with Gasteiger partial charge in [0.05, 0.1) is 12.6 Å². The number of hydrogen-bond acceptors (Lipinski definition) is 5. The molecule has 1 atom stereocenters. The summed E-state index contributed by atoms with van der Waals surface area (Å²) in [5, 5.41) is 4.21. The highest BCUT2D eigenvalue weighted by molar-refractivity contribution is 7.19. The standard InChI is InChI=1S/C25H26N4O2S.ClH/c1-16-19-6-3-4-8-21(19)32-22(16)15-28(2)23(30)10-9-17-12-18-14-29-11-5-7-20(29)25(31)27-24(18)26-13-17;/h3-4,6,8-10,12-13,20H,5,7,11,14-15H2,1-2H3,(H,26,27,31);1H/t20-;/m1./s1. The summed E-state index contributed by atoms with van der Waals surface area (Å²) in [7, 11) is 1.83. The number of carbonyl (C=O) groups is 2. The Morgan fingerprint density at radius 1 is 1.36 bits per heavy atom. The van der Waals surface area contributed by atoms with Gasteiger partial charge >= 0.3 is 0 Å². The first-order chi connectivity index (χ1) is 15.5. The maximum Gasteiger partial charge on any atom is 0.246 e. The summed E-state index contributed by atoms with van der Waals surface area (Å²) < 4.78 is 1.25. The lowest BCUT2D eigenvalue weighted by atomic mass is 10.1. The van der Waals surface area contributed by atoms with Crippen molar-refractivity contribution in [3.05, 3.63) is 64.2 Å². The highest BCUT2D eigenvalue weighted by Gasteiger charge is 2.34. The minimum atomic E-state index is -0.0595. The van der Waals surface area contributed by atoms with Crippen molar-refractivity contribution in [1.29, 1.82) is 0 Å². The second-order valence-electron chi connectivity index (χ2n) is 8.57. The van der Waals surface area contributed by atoms with Gasteiger partial charge in [-0.05, 0) is 61.0 Å². The third kappa shape index (κ3) is 4.67. The molecule has 2 amide bonds. The van der Waals surface area contributed by atoms with Crippen molar-refractivity contribution in [3.63, 3.8) is 0 Å². The zero-order chi connectivity index (χ0) is 22.2. The number of nitrogens with zero attached hydrogens (tertiary/aromatic N) is 3. The molecule has 4 heterocycles. The van der Waals surface area contributed by atoms with Crippen LogP contribution in [0.25, 0.3) is 16.2 Å². The molecule has 33 heavy (non-hydrogen) atoms. The van der Waals surface area contributed by atoms with Gasteiger partial charge in [0.25, 0.3) is 0 Å². The van der Waals surface area contributed by atoms with Gasteiger partial charge in [0, 0.05) is 41.0 Å². The van der Waals surface area contributed by atoms with E-state index < -0.39 is 0 Å². The zero-order valence-corrected chi connectivity index (χ0v) is 20.3. The number of pyridine rings is 1. The van der Waals surface area contributed by atoms with E-state index in [4.69, 9.17) is 0 Å². The fourth-order valence-electron chi connectivity index (χ4n) is 4.55. The number of thiophene rings is 1. The summed E-state index contributed by atoms with van der Waals surface area (Å²) >= 11 is 1.74. The van der Waals surface area contributed by atoms with Gasteiger partial charge in [-0.15, -0.1) is 23.7 Å². The molecule has 0 bridgehead atoms. The number of benzene rings is 1. The molecular weight excluding hydrogens is 456 g/mol. The molecular formula is C25H27ClN4O2S. The molecule has 172 valence electrons. The van der Waals surface area contributed by atoms with Gasteiger partial charge in [0.2, 0.25) is 11.8 Å². The van der Waals surface area contributed by atoms with Gasteiger partial charge in [-0.3, -0.25) is 14.5 Å². The average Bonchev–Trinajstić information content (AvgIpc) is 3.35. The molecule has 0 radical (unpaired) electrons. The normalized spacial score (nSPS) is 17.9. The van der Waals surface area contributed by atoms with Crippen LogP contribution >= 0.6 is 23.7 Å². The predicted octanol–water partition coefficient (Wildman–Crippen LogP) is 4.61. The van der Waals surface area contributed by atoms with E-state index in [1.54, 1.807) is 34.6 Å². The lowest BCUT2D eigenvalue weighted by Gasteiger charge is -2.19. The van der Waals surface area contributed by atoms with Crippen LogP contribution in [0.2, 0.25) is 0 Å². The Morgan fingerprint density at radius 3 is 3.00 bits per heavy atom. The summed E-state index contributed by atoms with van der Waals surface area (Å²) in [5.74, 6) is 0.611. The monoisotopic (exact) mass is 482 g/mol. The largest absolute Gasteiger partial charge is 0.337 e. The van der Waals surface area contributed by atoms with Crippen molar-refractivity contribution in [3.8, 4) is 0 Å². The first-order valence-corrected chi connectivity index (χ1v) is 11.8. The molecule has 2 aliphatic rings. The fourth-order valence-corrected chi connectivity index (χ4v) is 5.81. The number of aryl methyl sites for hydroxylation is 1. The molecule has 1 aromatic carbocycles. The number of anilines is 1. The quantitative estimate of drug-likeness (QED) is 0.551. The minimum absolute atomic E-state index is 0. The van der Waals surface area contributed by atoms with Gasteiger partial charge in [-0.25, -0.2) is 4.98 Å². The van der Waals surface area contributed by atoms with E-state index in [1.165, 1.54) is 20.5 Å². The van der Waals surface area contributed by atoms with Gasteiger partial charge < -0.3 is 10.2 Å². The number of likely N-dealkylation sites (N-methyl/N-ethyl adjacent to an activating group) is 1. The number of carbonyl (C=O) groups excluding carboxylic acids is 2. The van der Waals surface area contributed by atoms with E-state index in [0.29, 0.717) is 18.9 Å². The number of fused-ring (bicyclic) bond motifs is 3. The first kappa shape index (κ1) is 23.4. The van der Waals surface area contributed by atoms with Crippen LogP contribution in [0.1, 0.15) is 34.4 Å². The van der Waals surface area contributed by atoms with Crippen LogP contribution in [-0.2, 0) is 22.7 Å². The summed E-state index contributed by atoms with van der Waals surface area (Å²) in [5.41, 5.74) is 3.09. The molecule has 1 fully saturated rings. The third-order valence-electron chi connectivity index (χ3n) is 6.39. The van der Waals surface area contributed by atoms with Crippen LogP contribution in [-0.4, -0.2) is 46.2 Å². The van der Waals surface area contributed by atoms with E-state index >= 15 is 0 Å². The van der Waals surface area contributed by atoms with Gasteiger partial charge in [0.15, 0.2) is 0 Å². The predicted molar refractivity (Wildman–Crippen MR) is 136 cm³/mol. The van der Waals surface area contributed by atoms with Crippen LogP contribution in [0, 0.1) is 6.92 Å². The van der Waals surface area contributed by atoms with Crippen molar-refractivity contribution >= 4 is 57.5 Å². The second kappa shape index (κ2) is 9.63. The molecule has 6 nitrogen and oxygen atoms in total. The Bertz CT molecular complexity index is 1240. The smallest absolute Gasteiger partial charge is 0.246 e. The molecule has 1 saturated heterocycles. The third-order valence-corrected chi connectivity index (χ3v) is 7.64. The summed E-state index contributed by atoms with van der Waals surface area (Å²) in [6, 6.07) is 10.3. The highest BCUT2D eigenvalue weighted by Crippen LogP contribution is 2.31. The maximum atomic E-state index is 12.7. The minimum Gasteiger partial charge on any atom is -0.337 e. The second-order valence-corrected chi connectivity index (χ2v) is 9.70. The topological polar surface area (TPSA) is 65.5 Å². The fraction of sp³-hybridized carbons (Fsp3) is 0.320. The van der Waals surface area contributed by atoms with Gasteiger partial charge in [-0.1, -0.05) is 18.2 Å². The summed E-state index contributed by atoms with van der Waals surface area (Å²) in [4.78, 5) is 34.8. The molecule has 1 N–H and O–H groups in total. The molecule has 0 aliphatic carbocycles. The van der Waals surface area contributed by atoms with Gasteiger partial charge in [0.1, 0.15) is 5.82 Å². The molecule has 3 aromatic rings. The zero-order valence-electron chi connectivity index (χ0n) is 18.7. The summed E-state index contributed by atoms with van der Waals surface area (Å²) in [6.07, 6.45) is 7.04. The Hall–Kier alpha value is -2.74. The van der Waals surface area contributed by atoms with Crippen molar-refractivity contribution in [2.24, 2.45) is 0 Å². The lowest BCUT2D eigenvalue weighted by Crippen LogP contribution is -2.36. The number of halogens is 1. The number of nitrogens with one attached hydrogen (secondary N) is 1. The lowest BCUT2D eigenvalue weighted by molar-refractivity contribution is -0.125. The number of aromatic nitrogens is 1. The van der Waals surface area contributed by atoms with Gasteiger partial charge in [-0.2, -0.15) is 0 Å². The maximum absolute atomic E-state index is 12.7. The van der Waals surface area contributed by atoms with Crippen LogP contribution in [0.5, 0.6) is 0 Å². The Labute approximate surface area is 203 Å². The van der Waals surface area contributed by atoms with E-state index in [1.807, 2.05) is 25.2 Å². The Morgan fingerprint density at radius 2 is 2.18 bits per heavy atom. The molecule has 8 heteroatoms.